The predicted octanol–water partition coefficient (Wildman–Crippen LogP) is 3.83. The summed E-state index contributed by atoms with van der Waals surface area (Å²) in [6.07, 6.45) is 0.243. The number of benzene rings is 3. The Labute approximate surface area is 235 Å². The molecule has 3 aromatic carbocycles. The molecule has 0 unspecified atom stereocenters. The van der Waals surface area contributed by atoms with E-state index in [9.17, 15) is 21.6 Å². The minimum Gasteiger partial charge on any atom is -0.476 e. The van der Waals surface area contributed by atoms with Crippen LogP contribution in [0, 0.1) is 6.92 Å². The zero-order chi connectivity index (χ0) is 28.5. The first-order chi connectivity index (χ1) is 19.0. The highest BCUT2D eigenvalue weighted by molar-refractivity contribution is 7.93. The van der Waals surface area contributed by atoms with Crippen molar-refractivity contribution < 1.29 is 26.4 Å². The van der Waals surface area contributed by atoms with Crippen LogP contribution in [0.3, 0.4) is 0 Å². The Morgan fingerprint density at radius 2 is 1.62 bits per heavy atom. The summed E-state index contributed by atoms with van der Waals surface area (Å²) in [5.74, 6) is -0.463. The van der Waals surface area contributed by atoms with E-state index >= 15 is 0 Å². The summed E-state index contributed by atoms with van der Waals surface area (Å²) in [7, 11) is -8.03. The molecular formula is C26H22ClN5O6S2. The molecule has 0 saturated carbocycles. The van der Waals surface area contributed by atoms with E-state index in [1.807, 2.05) is 0 Å². The van der Waals surface area contributed by atoms with Crippen molar-refractivity contribution in [3.8, 4) is 5.75 Å². The van der Waals surface area contributed by atoms with E-state index in [0.717, 1.165) is 4.31 Å². The van der Waals surface area contributed by atoms with Crippen molar-refractivity contribution in [2.45, 2.75) is 22.8 Å². The number of amides is 1. The van der Waals surface area contributed by atoms with Gasteiger partial charge in [0.05, 0.1) is 22.0 Å². The Morgan fingerprint density at radius 3 is 2.33 bits per heavy atom. The second-order valence-corrected chi connectivity index (χ2v) is 12.7. The Kier molecular flexibility index (Phi) is 7.36. The molecule has 206 valence electrons. The highest BCUT2D eigenvalue weighted by atomic mass is 35.5. The number of hydrogen-bond donors (Lipinski definition) is 2. The van der Waals surface area contributed by atoms with Gasteiger partial charge in [-0.05, 0) is 73.7 Å². The number of hydrogen-bond acceptors (Lipinski definition) is 8. The standard InChI is InChI=1S/C26H22ClN5O6S2/c1-17-14-15-28-26(29-17)31-39(34,35)20-12-8-19(9-13-20)30-25(33)24-16-32(22-4-2-3-5-23(22)38-24)40(36,37)21-10-6-18(27)7-11-21/h2-15,24H,16H2,1H3,(H,30,33)(H,28,29,31)/t24-/m0/s1. The van der Waals surface area contributed by atoms with Gasteiger partial charge in [-0.2, -0.15) is 0 Å². The zero-order valence-electron chi connectivity index (χ0n) is 20.9. The smallest absolute Gasteiger partial charge is 0.267 e. The van der Waals surface area contributed by atoms with Crippen molar-refractivity contribution in [3.63, 3.8) is 0 Å². The van der Waals surface area contributed by atoms with Gasteiger partial charge in [0.25, 0.3) is 26.0 Å². The number of ether oxygens (including phenoxy) is 1. The third kappa shape index (κ3) is 5.71. The largest absolute Gasteiger partial charge is 0.476 e. The fraction of sp³-hybridized carbons (Fsp3) is 0.115. The van der Waals surface area contributed by atoms with Crippen LogP contribution in [0.1, 0.15) is 5.69 Å². The number of nitrogens with zero attached hydrogens (tertiary/aromatic N) is 3. The number of fused-ring (bicyclic) bond motifs is 1. The molecular weight excluding hydrogens is 578 g/mol. The van der Waals surface area contributed by atoms with Gasteiger partial charge in [-0.15, -0.1) is 0 Å². The second kappa shape index (κ2) is 10.8. The molecule has 2 N–H and O–H groups in total. The van der Waals surface area contributed by atoms with Crippen LogP contribution in [0.25, 0.3) is 0 Å². The highest BCUT2D eigenvalue weighted by Crippen LogP contribution is 2.37. The normalized spacial score (nSPS) is 15.1. The molecule has 1 aromatic heterocycles. The zero-order valence-corrected chi connectivity index (χ0v) is 23.2. The third-order valence-corrected chi connectivity index (χ3v) is 9.27. The topological polar surface area (TPSA) is 148 Å². The molecule has 14 heteroatoms. The number of sulfonamides is 2. The molecule has 4 aromatic rings. The van der Waals surface area contributed by atoms with Crippen molar-refractivity contribution >= 4 is 54.9 Å². The van der Waals surface area contributed by atoms with E-state index < -0.39 is 32.1 Å². The number of carbonyl (C=O) groups excluding carboxylic acids is 1. The maximum absolute atomic E-state index is 13.5. The van der Waals surface area contributed by atoms with Crippen LogP contribution < -0.4 is 19.1 Å². The Balaban J connectivity index is 1.34. The molecule has 5 rings (SSSR count). The van der Waals surface area contributed by atoms with Gasteiger partial charge < -0.3 is 10.1 Å². The number of nitrogens with one attached hydrogen (secondary N) is 2. The van der Waals surface area contributed by atoms with E-state index in [-0.39, 0.29) is 33.7 Å². The predicted molar refractivity (Wildman–Crippen MR) is 149 cm³/mol. The Morgan fingerprint density at radius 1 is 0.950 bits per heavy atom. The average Bonchev–Trinajstić information content (AvgIpc) is 2.92. The van der Waals surface area contributed by atoms with E-state index in [1.54, 1.807) is 37.3 Å². The fourth-order valence-electron chi connectivity index (χ4n) is 3.92. The molecule has 1 amide bonds. The van der Waals surface area contributed by atoms with E-state index in [4.69, 9.17) is 16.3 Å². The number of rotatable bonds is 7. The first kappa shape index (κ1) is 27.4. The maximum Gasteiger partial charge on any atom is 0.267 e. The minimum atomic E-state index is -4.05. The number of carbonyl (C=O) groups is 1. The van der Waals surface area contributed by atoms with Crippen LogP contribution in [0.15, 0.2) is 94.9 Å². The van der Waals surface area contributed by atoms with Gasteiger partial charge >= 0.3 is 0 Å². The monoisotopic (exact) mass is 599 g/mol. The molecule has 40 heavy (non-hydrogen) atoms. The van der Waals surface area contributed by atoms with E-state index in [0.29, 0.717) is 16.4 Å². The molecule has 1 atom stereocenters. The Bertz CT molecular complexity index is 1780. The summed E-state index contributed by atoms with van der Waals surface area (Å²) in [5.41, 5.74) is 1.17. The van der Waals surface area contributed by atoms with E-state index in [2.05, 4.69) is 20.0 Å². The molecule has 0 radical (unpaired) electrons. The van der Waals surface area contributed by atoms with Crippen LogP contribution in [-0.2, 0) is 24.8 Å². The lowest BCUT2D eigenvalue weighted by Gasteiger charge is -2.34. The van der Waals surface area contributed by atoms with Crippen molar-refractivity contribution in [2.24, 2.45) is 0 Å². The lowest BCUT2D eigenvalue weighted by Crippen LogP contribution is -2.48. The maximum atomic E-state index is 13.5. The molecule has 0 bridgehead atoms. The summed E-state index contributed by atoms with van der Waals surface area (Å²) >= 11 is 5.92. The van der Waals surface area contributed by atoms with Crippen LogP contribution >= 0.6 is 11.6 Å². The summed E-state index contributed by atoms with van der Waals surface area (Å²) in [5, 5.41) is 3.04. The van der Waals surface area contributed by atoms with Crippen molar-refractivity contribution in [3.05, 3.63) is 95.8 Å². The van der Waals surface area contributed by atoms with Crippen LogP contribution in [0.2, 0.25) is 5.02 Å². The Hall–Kier alpha value is -4.20. The fourth-order valence-corrected chi connectivity index (χ4v) is 6.47. The van der Waals surface area contributed by atoms with Crippen LogP contribution in [0.4, 0.5) is 17.3 Å². The van der Waals surface area contributed by atoms with Crippen molar-refractivity contribution in [1.82, 2.24) is 9.97 Å². The molecule has 11 nitrogen and oxygen atoms in total. The minimum absolute atomic E-state index is 0.00855. The van der Waals surface area contributed by atoms with Gasteiger partial charge in [-0.3, -0.25) is 9.10 Å². The molecule has 2 heterocycles. The number of anilines is 3. The molecule has 0 spiro atoms. The lowest BCUT2D eigenvalue weighted by molar-refractivity contribution is -0.122. The number of para-hydroxylation sites is 2. The number of aromatic nitrogens is 2. The molecule has 0 aliphatic carbocycles. The first-order valence-electron chi connectivity index (χ1n) is 11.8. The summed E-state index contributed by atoms with van der Waals surface area (Å²) < 4.78 is 61.7. The van der Waals surface area contributed by atoms with Crippen molar-refractivity contribution in [2.75, 3.05) is 20.9 Å². The summed E-state index contributed by atoms with van der Waals surface area (Å²) in [4.78, 5) is 21.0. The van der Waals surface area contributed by atoms with Gasteiger partial charge in [-0.1, -0.05) is 23.7 Å². The van der Waals surface area contributed by atoms with Crippen LogP contribution in [-0.4, -0.2) is 45.4 Å². The number of aryl methyl sites for hydroxylation is 1. The van der Waals surface area contributed by atoms with E-state index in [1.165, 1.54) is 54.7 Å². The summed E-state index contributed by atoms with van der Waals surface area (Å²) in [6, 6.07) is 19.3. The lowest BCUT2D eigenvalue weighted by atomic mass is 10.2. The van der Waals surface area contributed by atoms with Gasteiger partial charge in [0.1, 0.15) is 5.75 Å². The first-order valence-corrected chi connectivity index (χ1v) is 15.1. The van der Waals surface area contributed by atoms with Gasteiger partial charge in [0, 0.05) is 22.6 Å². The van der Waals surface area contributed by atoms with Crippen molar-refractivity contribution in [1.29, 1.82) is 0 Å². The van der Waals surface area contributed by atoms with Gasteiger partial charge in [0.15, 0.2) is 6.10 Å². The quantitative estimate of drug-likeness (QED) is 0.326. The molecule has 0 saturated heterocycles. The summed E-state index contributed by atoms with van der Waals surface area (Å²) in [6.45, 7) is 1.42. The molecule has 1 aliphatic rings. The highest BCUT2D eigenvalue weighted by Gasteiger charge is 2.37. The molecule has 1 aliphatic heterocycles. The SMILES string of the molecule is Cc1ccnc(NS(=O)(=O)c2ccc(NC(=O)[C@@H]3CN(S(=O)(=O)c4ccc(Cl)cc4)c4ccccc4O3)cc2)n1. The van der Waals surface area contributed by atoms with Crippen LogP contribution in [0.5, 0.6) is 5.75 Å². The molecule has 0 fully saturated rings. The number of halogens is 1. The average molecular weight is 600 g/mol. The second-order valence-electron chi connectivity index (χ2n) is 8.71. The van der Waals surface area contributed by atoms with Gasteiger partial charge in [0.2, 0.25) is 5.95 Å². The third-order valence-electron chi connectivity index (χ3n) is 5.88. The van der Waals surface area contributed by atoms with Gasteiger partial charge in [-0.25, -0.2) is 31.5 Å².